The summed E-state index contributed by atoms with van der Waals surface area (Å²) in [6.07, 6.45) is 8.26. The molecule has 2 aliphatic carbocycles. The van der Waals surface area contributed by atoms with Crippen molar-refractivity contribution >= 4 is 11.6 Å². The van der Waals surface area contributed by atoms with Crippen molar-refractivity contribution < 1.29 is 4.79 Å². The Hall–Kier alpha value is -3.93. The molecule has 0 radical (unpaired) electrons. The Morgan fingerprint density at radius 1 is 0.925 bits per heavy atom. The van der Waals surface area contributed by atoms with Crippen molar-refractivity contribution in [3.05, 3.63) is 94.8 Å². The molecule has 7 rings (SSSR count). The summed E-state index contributed by atoms with van der Waals surface area (Å²) in [4.78, 5) is 19.6. The molecular weight excluding hydrogens is 494 g/mol. The van der Waals surface area contributed by atoms with Crippen LogP contribution in [-0.2, 0) is 11.2 Å². The highest BCUT2D eigenvalue weighted by molar-refractivity contribution is 5.81. The lowest BCUT2D eigenvalue weighted by molar-refractivity contribution is -0.133. The van der Waals surface area contributed by atoms with Crippen molar-refractivity contribution in [1.29, 1.82) is 0 Å². The van der Waals surface area contributed by atoms with Crippen LogP contribution in [0.5, 0.6) is 0 Å². The number of anilines is 1. The molecule has 1 unspecified atom stereocenters. The van der Waals surface area contributed by atoms with Gasteiger partial charge in [-0.05, 0) is 105 Å². The van der Waals surface area contributed by atoms with E-state index in [4.69, 9.17) is 4.98 Å². The summed E-state index contributed by atoms with van der Waals surface area (Å²) in [5.41, 5.74) is 9.90. The van der Waals surface area contributed by atoms with E-state index >= 15 is 0 Å². The average Bonchev–Trinajstić information content (AvgIpc) is 3.63. The lowest BCUT2D eigenvalue weighted by Crippen LogP contribution is -2.38. The molecule has 204 valence electrons. The van der Waals surface area contributed by atoms with Crippen molar-refractivity contribution in [2.24, 2.45) is 5.92 Å². The number of carbonyl (C=O) groups is 1. The lowest BCUT2D eigenvalue weighted by Gasteiger charge is -2.32. The number of amides is 1. The largest absolute Gasteiger partial charge is 0.378 e. The molecule has 2 fully saturated rings. The first-order valence-electron chi connectivity index (χ1n) is 14.8. The van der Waals surface area contributed by atoms with Gasteiger partial charge in [0.1, 0.15) is 0 Å². The molecule has 3 heterocycles. The number of hydrogen-bond donors (Lipinski definition) is 1. The third kappa shape index (κ3) is 4.70. The highest BCUT2D eigenvalue weighted by atomic mass is 16.2. The van der Waals surface area contributed by atoms with E-state index in [0.717, 1.165) is 68.8 Å². The van der Waals surface area contributed by atoms with Gasteiger partial charge in [0, 0.05) is 42.1 Å². The Kier molecular flexibility index (Phi) is 6.41. The topological polar surface area (TPSA) is 63.1 Å². The molecule has 0 spiro atoms. The molecule has 2 aromatic heterocycles. The molecule has 1 N–H and O–H groups in total. The van der Waals surface area contributed by atoms with Gasteiger partial charge in [0.25, 0.3) is 0 Å². The van der Waals surface area contributed by atoms with Crippen LogP contribution in [-0.4, -0.2) is 38.7 Å². The van der Waals surface area contributed by atoms with Crippen LogP contribution in [0.3, 0.4) is 0 Å². The van der Waals surface area contributed by atoms with Crippen LogP contribution in [0.15, 0.2) is 66.9 Å². The van der Waals surface area contributed by atoms with Gasteiger partial charge in [0.05, 0.1) is 11.7 Å². The van der Waals surface area contributed by atoms with E-state index in [2.05, 4.69) is 70.8 Å². The molecule has 1 atom stereocenters. The van der Waals surface area contributed by atoms with Crippen LogP contribution in [0.25, 0.3) is 17.1 Å². The summed E-state index contributed by atoms with van der Waals surface area (Å²) in [6.45, 7) is 6.07. The maximum absolute atomic E-state index is 12.5. The first-order chi connectivity index (χ1) is 19.5. The van der Waals surface area contributed by atoms with Crippen molar-refractivity contribution in [2.75, 3.05) is 18.4 Å². The maximum atomic E-state index is 12.5. The Labute approximate surface area is 236 Å². The fourth-order valence-electron chi connectivity index (χ4n) is 6.67. The number of aromatic nitrogens is 3. The molecule has 1 amide bonds. The van der Waals surface area contributed by atoms with Crippen LogP contribution in [0.1, 0.15) is 72.0 Å². The minimum atomic E-state index is 0.240. The fourth-order valence-corrected chi connectivity index (χ4v) is 6.67. The first kappa shape index (κ1) is 25.1. The smallest absolute Gasteiger partial charge is 0.225 e. The van der Waals surface area contributed by atoms with Crippen LogP contribution >= 0.6 is 0 Å². The molecular formula is C34H37N5O. The number of rotatable bonds is 6. The number of carbonyl (C=O) groups excluding carboxylic acids is 1. The fraction of sp³-hybridized carbons (Fsp3) is 0.382. The van der Waals surface area contributed by atoms with E-state index < -0.39 is 0 Å². The predicted octanol–water partition coefficient (Wildman–Crippen LogP) is 6.77. The monoisotopic (exact) mass is 531 g/mol. The zero-order valence-electron chi connectivity index (χ0n) is 23.4. The minimum absolute atomic E-state index is 0.240. The van der Waals surface area contributed by atoms with Crippen LogP contribution < -0.4 is 5.32 Å². The highest BCUT2D eigenvalue weighted by Gasteiger charge is 2.35. The Morgan fingerprint density at radius 3 is 2.50 bits per heavy atom. The van der Waals surface area contributed by atoms with Crippen LogP contribution in [0, 0.1) is 19.8 Å². The highest BCUT2D eigenvalue weighted by Crippen LogP contribution is 2.41. The SMILES string of the molecule is Cc1cc(C2CCN(C(=O)C3CC3)CC2)ccc1NC1CCc2cccc(-c3cccc(-n4nccc4C)n3)c21. The van der Waals surface area contributed by atoms with Gasteiger partial charge in [-0.3, -0.25) is 4.79 Å². The van der Waals surface area contributed by atoms with Gasteiger partial charge in [-0.2, -0.15) is 5.10 Å². The average molecular weight is 532 g/mol. The van der Waals surface area contributed by atoms with Gasteiger partial charge in [-0.25, -0.2) is 9.67 Å². The maximum Gasteiger partial charge on any atom is 0.225 e. The zero-order valence-corrected chi connectivity index (χ0v) is 23.4. The molecule has 1 saturated heterocycles. The second-order valence-electron chi connectivity index (χ2n) is 11.8. The molecule has 3 aliphatic rings. The first-order valence-corrected chi connectivity index (χ1v) is 14.8. The Morgan fingerprint density at radius 2 is 1.75 bits per heavy atom. The van der Waals surface area contributed by atoms with Crippen molar-refractivity contribution in [3.8, 4) is 17.1 Å². The van der Waals surface area contributed by atoms with Gasteiger partial charge in [-0.1, -0.05) is 36.4 Å². The van der Waals surface area contributed by atoms with Crippen LogP contribution in [0.2, 0.25) is 0 Å². The molecule has 6 heteroatoms. The summed E-state index contributed by atoms with van der Waals surface area (Å²) >= 11 is 0. The number of nitrogens with zero attached hydrogens (tertiary/aromatic N) is 4. The Bertz CT molecular complexity index is 1560. The third-order valence-electron chi connectivity index (χ3n) is 9.09. The number of benzene rings is 2. The number of fused-ring (bicyclic) bond motifs is 1. The van der Waals surface area contributed by atoms with Crippen LogP contribution in [0.4, 0.5) is 5.69 Å². The van der Waals surface area contributed by atoms with E-state index in [9.17, 15) is 4.79 Å². The second-order valence-corrected chi connectivity index (χ2v) is 11.8. The number of nitrogens with one attached hydrogen (secondary N) is 1. The predicted molar refractivity (Wildman–Crippen MR) is 159 cm³/mol. The number of aryl methyl sites for hydroxylation is 3. The molecule has 1 saturated carbocycles. The van der Waals surface area contributed by atoms with Gasteiger partial charge in [-0.15, -0.1) is 0 Å². The normalized spacial score (nSPS) is 19.1. The van der Waals surface area contributed by atoms with E-state index in [0.29, 0.717) is 17.7 Å². The summed E-state index contributed by atoms with van der Waals surface area (Å²) in [5, 5.41) is 8.36. The summed E-state index contributed by atoms with van der Waals surface area (Å²) in [5.74, 6) is 2.09. The molecule has 4 aromatic rings. The summed E-state index contributed by atoms with van der Waals surface area (Å²) < 4.78 is 1.89. The molecule has 6 nitrogen and oxygen atoms in total. The van der Waals surface area contributed by atoms with Crippen molar-refractivity contribution in [2.45, 2.75) is 64.3 Å². The molecule has 2 aromatic carbocycles. The lowest BCUT2D eigenvalue weighted by atomic mass is 9.88. The van der Waals surface area contributed by atoms with E-state index in [1.807, 2.05) is 29.9 Å². The van der Waals surface area contributed by atoms with Gasteiger partial charge in [0.2, 0.25) is 5.91 Å². The molecule has 40 heavy (non-hydrogen) atoms. The van der Waals surface area contributed by atoms with E-state index in [1.54, 1.807) is 0 Å². The molecule has 1 aliphatic heterocycles. The minimum Gasteiger partial charge on any atom is -0.378 e. The van der Waals surface area contributed by atoms with Crippen molar-refractivity contribution in [3.63, 3.8) is 0 Å². The van der Waals surface area contributed by atoms with Crippen molar-refractivity contribution in [1.82, 2.24) is 19.7 Å². The van der Waals surface area contributed by atoms with Gasteiger partial charge >= 0.3 is 0 Å². The summed E-state index contributed by atoms with van der Waals surface area (Å²) in [6, 6.07) is 22.0. The summed E-state index contributed by atoms with van der Waals surface area (Å²) in [7, 11) is 0. The Balaban J connectivity index is 1.10. The third-order valence-corrected chi connectivity index (χ3v) is 9.09. The number of hydrogen-bond acceptors (Lipinski definition) is 4. The van der Waals surface area contributed by atoms with E-state index in [-0.39, 0.29) is 6.04 Å². The molecule has 0 bridgehead atoms. The number of piperidine rings is 1. The van der Waals surface area contributed by atoms with E-state index in [1.165, 1.54) is 33.5 Å². The standard InChI is InChI=1S/C34H37N5O/c1-22-21-27(24-16-19-38(20-17-24)34(40)26-9-10-26)12-13-29(22)36-31-14-11-25-5-3-6-28(33(25)31)30-7-4-8-32(37-30)39-23(2)15-18-35-39/h3-8,12-13,15,18,21,24,26,31,36H,9-11,14,16-17,19-20H2,1-2H3. The zero-order chi connectivity index (χ0) is 27.2. The quantitative estimate of drug-likeness (QED) is 0.298. The van der Waals surface area contributed by atoms with Gasteiger partial charge < -0.3 is 10.2 Å². The number of likely N-dealkylation sites (tertiary alicyclic amines) is 1. The van der Waals surface area contributed by atoms with Gasteiger partial charge in [0.15, 0.2) is 5.82 Å². The second kappa shape index (κ2) is 10.2. The number of pyridine rings is 1.